The quantitative estimate of drug-likeness (QED) is 0.192. The number of ether oxygens (including phenoxy) is 1. The van der Waals surface area contributed by atoms with E-state index in [2.05, 4.69) is 5.32 Å². The molecule has 236 valence electrons. The topological polar surface area (TPSA) is 96.0 Å². The summed E-state index contributed by atoms with van der Waals surface area (Å²) < 4.78 is 34.9. The number of para-hydroxylation sites is 2. The van der Waals surface area contributed by atoms with Crippen molar-refractivity contribution in [1.82, 2.24) is 10.2 Å². The molecule has 0 saturated carbocycles. The van der Waals surface area contributed by atoms with E-state index < -0.39 is 28.5 Å². The van der Waals surface area contributed by atoms with Gasteiger partial charge in [0.1, 0.15) is 18.3 Å². The molecule has 0 saturated heterocycles. The number of hydrogen-bond donors (Lipinski definition) is 1. The molecule has 0 spiro atoms. The van der Waals surface area contributed by atoms with Gasteiger partial charge in [-0.25, -0.2) is 8.42 Å². The number of methoxy groups -OCH3 is 1. The van der Waals surface area contributed by atoms with Gasteiger partial charge in [0.25, 0.3) is 10.0 Å². The molecule has 45 heavy (non-hydrogen) atoms. The molecule has 0 bridgehead atoms. The van der Waals surface area contributed by atoms with E-state index in [0.717, 1.165) is 21.0 Å². The highest BCUT2D eigenvalue weighted by Crippen LogP contribution is 2.32. The van der Waals surface area contributed by atoms with E-state index in [1.807, 2.05) is 75.4 Å². The molecule has 0 unspecified atom stereocenters. The Kier molecular flexibility index (Phi) is 11.4. The Hall–Kier alpha value is -4.63. The lowest BCUT2D eigenvalue weighted by Crippen LogP contribution is -2.54. The Morgan fingerprint density at radius 2 is 1.47 bits per heavy atom. The summed E-state index contributed by atoms with van der Waals surface area (Å²) in [6, 6.07) is 30.9. The molecule has 1 N–H and O–H groups in total. The lowest BCUT2D eigenvalue weighted by Gasteiger charge is -2.34. The maximum atomic E-state index is 14.6. The number of carbonyl (C=O) groups excluding carboxylic acids is 2. The fourth-order valence-electron chi connectivity index (χ4n) is 5.07. The molecule has 0 fully saturated rings. The Bertz CT molecular complexity index is 1680. The van der Waals surface area contributed by atoms with E-state index in [-0.39, 0.29) is 35.5 Å². The fraction of sp³-hybridized carbons (Fsp3) is 0.278. The molecule has 0 aromatic heterocycles. The highest BCUT2D eigenvalue weighted by Gasteiger charge is 2.35. The highest BCUT2D eigenvalue weighted by atomic mass is 32.2. The van der Waals surface area contributed by atoms with Crippen LogP contribution in [0, 0.1) is 6.92 Å². The van der Waals surface area contributed by atoms with Gasteiger partial charge in [0, 0.05) is 19.0 Å². The first-order valence-electron chi connectivity index (χ1n) is 15.0. The predicted molar refractivity (Wildman–Crippen MR) is 178 cm³/mol. The van der Waals surface area contributed by atoms with Gasteiger partial charge < -0.3 is 15.0 Å². The number of anilines is 1. The predicted octanol–water partition coefficient (Wildman–Crippen LogP) is 5.75. The Labute approximate surface area is 266 Å². The number of hydrogen-bond acceptors (Lipinski definition) is 5. The number of sulfonamides is 1. The first kappa shape index (κ1) is 33.3. The average Bonchev–Trinajstić information content (AvgIpc) is 3.05. The second-order valence-electron chi connectivity index (χ2n) is 11.0. The standard InChI is InChI=1S/C36H41N3O5S/c1-5-28(3)37-36(41)33(24-29-16-8-6-9-17-29)38(25-30-18-14-15-27(2)23-30)35(40)26-39(32-21-12-13-22-34(32)44-4)45(42,43)31-19-10-7-11-20-31/h6-23,28,33H,5,24-26H2,1-4H3,(H,37,41)/t28-,33-/m0/s1. The van der Waals surface area contributed by atoms with Crippen LogP contribution in [0.1, 0.15) is 37.0 Å². The lowest BCUT2D eigenvalue weighted by molar-refractivity contribution is -0.140. The van der Waals surface area contributed by atoms with Crippen LogP contribution in [-0.4, -0.2) is 50.9 Å². The van der Waals surface area contributed by atoms with Crippen molar-refractivity contribution in [2.75, 3.05) is 18.0 Å². The van der Waals surface area contributed by atoms with Gasteiger partial charge in [-0.1, -0.05) is 97.4 Å². The molecule has 8 nitrogen and oxygen atoms in total. The Morgan fingerprint density at radius 1 is 0.844 bits per heavy atom. The fourth-order valence-corrected chi connectivity index (χ4v) is 6.52. The molecule has 0 radical (unpaired) electrons. The van der Waals surface area contributed by atoms with E-state index in [4.69, 9.17) is 4.74 Å². The zero-order valence-corrected chi connectivity index (χ0v) is 27.0. The Morgan fingerprint density at radius 3 is 2.11 bits per heavy atom. The second-order valence-corrected chi connectivity index (χ2v) is 12.9. The van der Waals surface area contributed by atoms with Gasteiger partial charge in [0.15, 0.2) is 0 Å². The monoisotopic (exact) mass is 627 g/mol. The Balaban J connectivity index is 1.83. The maximum Gasteiger partial charge on any atom is 0.264 e. The number of nitrogens with zero attached hydrogens (tertiary/aromatic N) is 2. The molecule has 0 aliphatic rings. The lowest BCUT2D eigenvalue weighted by atomic mass is 10.0. The largest absolute Gasteiger partial charge is 0.495 e. The van der Waals surface area contributed by atoms with Crippen LogP contribution in [0.15, 0.2) is 114 Å². The van der Waals surface area contributed by atoms with Gasteiger partial charge in [0.05, 0.1) is 17.7 Å². The summed E-state index contributed by atoms with van der Waals surface area (Å²) in [6.07, 6.45) is 0.966. The summed E-state index contributed by atoms with van der Waals surface area (Å²) in [6.45, 7) is 5.41. The van der Waals surface area contributed by atoms with Crippen molar-refractivity contribution in [1.29, 1.82) is 0 Å². The van der Waals surface area contributed by atoms with Crippen molar-refractivity contribution in [2.24, 2.45) is 0 Å². The number of amides is 2. The van der Waals surface area contributed by atoms with Crippen molar-refractivity contribution in [3.8, 4) is 5.75 Å². The van der Waals surface area contributed by atoms with Crippen molar-refractivity contribution in [3.63, 3.8) is 0 Å². The molecule has 4 rings (SSSR count). The van der Waals surface area contributed by atoms with Gasteiger partial charge in [0.2, 0.25) is 11.8 Å². The highest BCUT2D eigenvalue weighted by molar-refractivity contribution is 7.92. The summed E-state index contributed by atoms with van der Waals surface area (Å²) in [4.78, 5) is 30.1. The third kappa shape index (κ3) is 8.51. The third-order valence-corrected chi connectivity index (χ3v) is 9.45. The summed E-state index contributed by atoms with van der Waals surface area (Å²) in [7, 11) is -2.77. The van der Waals surface area contributed by atoms with Gasteiger partial charge >= 0.3 is 0 Å². The first-order valence-corrected chi connectivity index (χ1v) is 16.5. The average molecular weight is 628 g/mol. The van der Waals surface area contributed by atoms with Crippen LogP contribution >= 0.6 is 0 Å². The van der Waals surface area contributed by atoms with Crippen molar-refractivity contribution in [2.45, 2.75) is 57.1 Å². The molecular formula is C36H41N3O5S. The van der Waals surface area contributed by atoms with Gasteiger partial charge in [-0.2, -0.15) is 0 Å². The van der Waals surface area contributed by atoms with E-state index in [0.29, 0.717) is 12.2 Å². The van der Waals surface area contributed by atoms with Crippen LogP contribution in [0.5, 0.6) is 5.75 Å². The molecule has 2 atom stereocenters. The maximum absolute atomic E-state index is 14.6. The summed E-state index contributed by atoms with van der Waals surface area (Å²) in [5.41, 5.74) is 2.93. The smallest absolute Gasteiger partial charge is 0.264 e. The zero-order chi connectivity index (χ0) is 32.4. The normalized spacial score (nSPS) is 12.5. The zero-order valence-electron chi connectivity index (χ0n) is 26.2. The minimum absolute atomic E-state index is 0.0317. The number of nitrogens with one attached hydrogen (secondary N) is 1. The molecule has 0 aliphatic heterocycles. The number of rotatable bonds is 14. The number of benzene rings is 4. The van der Waals surface area contributed by atoms with Crippen molar-refractivity contribution < 1.29 is 22.7 Å². The molecule has 0 heterocycles. The number of aryl methyl sites for hydroxylation is 1. The van der Waals surface area contributed by atoms with Gasteiger partial charge in [-0.05, 0) is 55.7 Å². The summed E-state index contributed by atoms with van der Waals surface area (Å²) in [5, 5.41) is 3.06. The minimum Gasteiger partial charge on any atom is -0.495 e. The van der Waals surface area contributed by atoms with Crippen LogP contribution in [0.3, 0.4) is 0 Å². The first-order chi connectivity index (χ1) is 21.6. The van der Waals surface area contributed by atoms with Crippen LogP contribution in [0.4, 0.5) is 5.69 Å². The van der Waals surface area contributed by atoms with E-state index in [9.17, 15) is 18.0 Å². The van der Waals surface area contributed by atoms with E-state index in [1.54, 1.807) is 42.5 Å². The van der Waals surface area contributed by atoms with Crippen molar-refractivity contribution >= 4 is 27.5 Å². The third-order valence-electron chi connectivity index (χ3n) is 7.67. The molecule has 4 aromatic rings. The van der Waals surface area contributed by atoms with Crippen LogP contribution in [0.25, 0.3) is 0 Å². The number of carbonyl (C=O) groups is 2. The molecule has 9 heteroatoms. The summed E-state index contributed by atoms with van der Waals surface area (Å²) in [5.74, 6) is -0.531. The molecule has 0 aliphatic carbocycles. The summed E-state index contributed by atoms with van der Waals surface area (Å²) >= 11 is 0. The van der Waals surface area contributed by atoms with Crippen LogP contribution < -0.4 is 14.4 Å². The molecular weight excluding hydrogens is 586 g/mol. The SMILES string of the molecule is CC[C@H](C)NC(=O)[C@H](Cc1ccccc1)N(Cc1cccc(C)c1)C(=O)CN(c1ccccc1OC)S(=O)(=O)c1ccccc1. The second kappa shape index (κ2) is 15.4. The van der Waals surface area contributed by atoms with Gasteiger partial charge in [-0.15, -0.1) is 0 Å². The minimum atomic E-state index is -4.22. The van der Waals surface area contributed by atoms with E-state index in [1.165, 1.54) is 24.1 Å². The molecule has 4 aromatic carbocycles. The van der Waals surface area contributed by atoms with Crippen molar-refractivity contribution in [3.05, 3.63) is 126 Å². The van der Waals surface area contributed by atoms with Gasteiger partial charge in [-0.3, -0.25) is 13.9 Å². The molecule has 2 amide bonds. The van der Waals surface area contributed by atoms with Crippen LogP contribution in [-0.2, 0) is 32.6 Å². The van der Waals surface area contributed by atoms with E-state index >= 15 is 0 Å². The van der Waals surface area contributed by atoms with Crippen LogP contribution in [0.2, 0.25) is 0 Å².